The molecule has 2 aromatic rings. The highest BCUT2D eigenvalue weighted by Gasteiger charge is 2.15. The number of carbonyl (C=O) groups excluding carboxylic acids is 1. The maximum Gasteiger partial charge on any atom is 0.263 e. The summed E-state index contributed by atoms with van der Waals surface area (Å²) < 4.78 is 6.93. The second-order valence-electron chi connectivity index (χ2n) is 5.51. The van der Waals surface area contributed by atoms with Gasteiger partial charge in [0.15, 0.2) is 5.88 Å². The molecule has 0 unspecified atom stereocenters. The highest BCUT2D eigenvalue weighted by molar-refractivity contribution is 6.17. The molecular weight excluding hydrogens is 320 g/mol. The standard InChI is InChI=1S/C17H22N6O2/c1-11(2)23-10-20-9-14(23)13-6-5-7-15(21-13)22-17(24)12(8-19-3)16(18)25-4/h5-11H,18H2,1-4H3,(H,21,22,24). The number of aromatic nitrogens is 3. The number of nitrogens with one attached hydrogen (secondary N) is 1. The van der Waals surface area contributed by atoms with E-state index < -0.39 is 5.91 Å². The zero-order chi connectivity index (χ0) is 18.4. The number of methoxy groups -OCH3 is 1. The molecule has 0 aliphatic rings. The molecule has 2 heterocycles. The summed E-state index contributed by atoms with van der Waals surface area (Å²) in [6.45, 7) is 4.12. The van der Waals surface area contributed by atoms with Crippen molar-refractivity contribution in [3.63, 3.8) is 0 Å². The number of nitrogens with zero attached hydrogens (tertiary/aromatic N) is 4. The molecule has 3 N–H and O–H groups in total. The number of rotatable bonds is 6. The van der Waals surface area contributed by atoms with Crippen molar-refractivity contribution >= 4 is 17.9 Å². The van der Waals surface area contributed by atoms with Gasteiger partial charge >= 0.3 is 0 Å². The predicted molar refractivity (Wildman–Crippen MR) is 97.1 cm³/mol. The molecule has 0 bridgehead atoms. The summed E-state index contributed by atoms with van der Waals surface area (Å²) in [6, 6.07) is 5.61. The van der Waals surface area contributed by atoms with Gasteiger partial charge in [-0.25, -0.2) is 9.97 Å². The van der Waals surface area contributed by atoms with Gasteiger partial charge < -0.3 is 20.4 Å². The minimum absolute atomic E-state index is 0.0165. The zero-order valence-electron chi connectivity index (χ0n) is 14.7. The van der Waals surface area contributed by atoms with Crippen molar-refractivity contribution < 1.29 is 9.53 Å². The Morgan fingerprint density at radius 3 is 2.84 bits per heavy atom. The normalized spacial score (nSPS) is 12.4. The van der Waals surface area contributed by atoms with Crippen molar-refractivity contribution in [3.8, 4) is 11.4 Å². The van der Waals surface area contributed by atoms with E-state index in [0.717, 1.165) is 5.69 Å². The van der Waals surface area contributed by atoms with Crippen molar-refractivity contribution in [2.45, 2.75) is 19.9 Å². The molecular formula is C17H22N6O2. The van der Waals surface area contributed by atoms with E-state index in [1.54, 1.807) is 25.6 Å². The minimum Gasteiger partial charge on any atom is -0.482 e. The number of hydrogen-bond acceptors (Lipinski definition) is 6. The summed E-state index contributed by atoms with van der Waals surface area (Å²) in [5, 5.41) is 2.70. The van der Waals surface area contributed by atoms with Crippen LogP contribution in [-0.4, -0.2) is 40.8 Å². The molecule has 2 aromatic heterocycles. The molecule has 132 valence electrons. The molecule has 0 radical (unpaired) electrons. The van der Waals surface area contributed by atoms with Crippen LogP contribution >= 0.6 is 0 Å². The monoisotopic (exact) mass is 342 g/mol. The van der Waals surface area contributed by atoms with Crippen LogP contribution in [0.2, 0.25) is 0 Å². The third kappa shape index (κ3) is 4.23. The van der Waals surface area contributed by atoms with Gasteiger partial charge in [0.2, 0.25) is 0 Å². The van der Waals surface area contributed by atoms with E-state index in [1.165, 1.54) is 13.3 Å². The number of anilines is 1. The molecule has 25 heavy (non-hydrogen) atoms. The number of imidazole rings is 1. The lowest BCUT2D eigenvalue weighted by Crippen LogP contribution is -2.21. The first-order valence-electron chi connectivity index (χ1n) is 7.74. The van der Waals surface area contributed by atoms with Crippen molar-refractivity contribution in [1.82, 2.24) is 14.5 Å². The molecule has 0 aromatic carbocycles. The largest absolute Gasteiger partial charge is 0.482 e. The Morgan fingerprint density at radius 2 is 2.20 bits per heavy atom. The van der Waals surface area contributed by atoms with Crippen LogP contribution in [0.4, 0.5) is 5.82 Å². The van der Waals surface area contributed by atoms with Crippen molar-refractivity contribution in [1.29, 1.82) is 0 Å². The van der Waals surface area contributed by atoms with E-state index in [0.29, 0.717) is 11.5 Å². The van der Waals surface area contributed by atoms with Gasteiger partial charge in [-0.1, -0.05) is 6.07 Å². The number of ether oxygens (including phenoxy) is 1. The number of aliphatic imine (C=N–C) groups is 1. The van der Waals surface area contributed by atoms with Gasteiger partial charge in [0.05, 0.1) is 31.0 Å². The van der Waals surface area contributed by atoms with Gasteiger partial charge in [-0.15, -0.1) is 0 Å². The van der Waals surface area contributed by atoms with Crippen LogP contribution in [0.15, 0.2) is 47.2 Å². The van der Waals surface area contributed by atoms with Crippen LogP contribution in [0, 0.1) is 0 Å². The van der Waals surface area contributed by atoms with Crippen molar-refractivity contribution in [2.75, 3.05) is 19.5 Å². The third-order valence-corrected chi connectivity index (χ3v) is 3.46. The summed E-state index contributed by atoms with van der Waals surface area (Å²) in [6.07, 6.45) is 4.84. The van der Waals surface area contributed by atoms with Gasteiger partial charge in [0.25, 0.3) is 5.91 Å². The molecule has 0 aliphatic heterocycles. The summed E-state index contributed by atoms with van der Waals surface area (Å²) in [5.74, 6) is -0.0750. The fraction of sp³-hybridized carbons (Fsp3) is 0.294. The molecule has 0 spiro atoms. The highest BCUT2D eigenvalue weighted by Crippen LogP contribution is 2.22. The Hall–Kier alpha value is -3.16. The molecule has 0 saturated heterocycles. The number of nitrogens with two attached hydrogens (primary N) is 1. The molecule has 8 heteroatoms. The van der Waals surface area contributed by atoms with E-state index in [-0.39, 0.29) is 17.5 Å². The SMILES string of the molecule is CN=CC(C(=O)Nc1cccc(-c2cncn2C(C)C)n1)=C(N)OC. The third-order valence-electron chi connectivity index (χ3n) is 3.46. The molecule has 0 fully saturated rings. The first kappa shape index (κ1) is 18.2. The van der Waals surface area contributed by atoms with Crippen LogP contribution in [0.3, 0.4) is 0 Å². The lowest BCUT2D eigenvalue weighted by atomic mass is 10.2. The van der Waals surface area contributed by atoms with E-state index in [9.17, 15) is 4.79 Å². The second-order valence-corrected chi connectivity index (χ2v) is 5.51. The van der Waals surface area contributed by atoms with Crippen LogP contribution in [-0.2, 0) is 9.53 Å². The Kier molecular flexibility index (Phi) is 5.89. The Morgan fingerprint density at radius 1 is 1.44 bits per heavy atom. The molecule has 0 saturated carbocycles. The Labute approximate surface area is 146 Å². The lowest BCUT2D eigenvalue weighted by molar-refractivity contribution is -0.112. The first-order chi connectivity index (χ1) is 12.0. The summed E-state index contributed by atoms with van der Waals surface area (Å²) in [7, 11) is 2.93. The maximum atomic E-state index is 12.4. The van der Waals surface area contributed by atoms with Crippen molar-refractivity contribution in [2.24, 2.45) is 10.7 Å². The molecule has 8 nitrogen and oxygen atoms in total. The topological polar surface area (TPSA) is 107 Å². The van der Waals surface area contributed by atoms with E-state index >= 15 is 0 Å². The highest BCUT2D eigenvalue weighted by atomic mass is 16.5. The fourth-order valence-corrected chi connectivity index (χ4v) is 2.22. The smallest absolute Gasteiger partial charge is 0.263 e. The molecule has 0 aliphatic carbocycles. The average Bonchev–Trinajstić information content (AvgIpc) is 3.09. The second kappa shape index (κ2) is 8.09. The number of hydrogen-bond donors (Lipinski definition) is 2. The van der Waals surface area contributed by atoms with E-state index in [1.807, 2.05) is 16.7 Å². The average molecular weight is 342 g/mol. The predicted octanol–water partition coefficient (Wildman–Crippen LogP) is 1.98. The number of carbonyl (C=O) groups is 1. The van der Waals surface area contributed by atoms with Crippen LogP contribution in [0.1, 0.15) is 19.9 Å². The van der Waals surface area contributed by atoms with Crippen molar-refractivity contribution in [3.05, 3.63) is 42.2 Å². The Bertz CT molecular complexity index is 807. The lowest BCUT2D eigenvalue weighted by Gasteiger charge is -2.12. The molecule has 0 atom stereocenters. The summed E-state index contributed by atoms with van der Waals surface area (Å²) in [4.78, 5) is 24.9. The van der Waals surface area contributed by atoms with Crippen LogP contribution in [0.5, 0.6) is 0 Å². The van der Waals surface area contributed by atoms with E-state index in [2.05, 4.69) is 34.1 Å². The number of pyridine rings is 1. The maximum absolute atomic E-state index is 12.4. The Balaban J connectivity index is 2.30. The van der Waals surface area contributed by atoms with Crippen LogP contribution < -0.4 is 11.1 Å². The zero-order valence-corrected chi connectivity index (χ0v) is 14.7. The van der Waals surface area contributed by atoms with Gasteiger partial charge in [0, 0.05) is 19.3 Å². The minimum atomic E-state index is -0.452. The molecule has 2 rings (SSSR count). The van der Waals surface area contributed by atoms with Gasteiger partial charge in [0.1, 0.15) is 11.4 Å². The van der Waals surface area contributed by atoms with Gasteiger partial charge in [-0.05, 0) is 26.0 Å². The number of amides is 1. The fourth-order valence-electron chi connectivity index (χ4n) is 2.22. The van der Waals surface area contributed by atoms with E-state index in [4.69, 9.17) is 10.5 Å². The summed E-state index contributed by atoms with van der Waals surface area (Å²) in [5.41, 5.74) is 7.40. The van der Waals surface area contributed by atoms with Gasteiger partial charge in [-0.3, -0.25) is 9.79 Å². The van der Waals surface area contributed by atoms with Gasteiger partial charge in [-0.2, -0.15) is 0 Å². The quantitative estimate of drug-likeness (QED) is 0.474. The first-order valence-corrected chi connectivity index (χ1v) is 7.74. The van der Waals surface area contributed by atoms with Crippen LogP contribution in [0.25, 0.3) is 11.4 Å². The molecule has 1 amide bonds. The summed E-state index contributed by atoms with van der Waals surface area (Å²) >= 11 is 0.